The molecular formula is C14H20N6O. The average Bonchev–Trinajstić information content (AvgIpc) is 2.98. The average molecular weight is 288 g/mol. The minimum Gasteiger partial charge on any atom is -0.506 e. The van der Waals surface area contributed by atoms with E-state index in [-0.39, 0.29) is 5.75 Å². The molecule has 0 aromatic carbocycles. The molecule has 3 rings (SSSR count). The normalized spacial score (nSPS) is 16.3. The molecule has 3 heterocycles. The van der Waals surface area contributed by atoms with Gasteiger partial charge in [-0.3, -0.25) is 10.1 Å². The fourth-order valence-electron chi connectivity index (χ4n) is 2.71. The third kappa shape index (κ3) is 3.13. The molecule has 0 aliphatic carbocycles. The highest BCUT2D eigenvalue weighted by Crippen LogP contribution is 2.23. The molecule has 3 N–H and O–H groups in total. The van der Waals surface area contributed by atoms with E-state index in [0.29, 0.717) is 5.82 Å². The number of aromatic amines is 1. The molecule has 1 aliphatic heterocycles. The van der Waals surface area contributed by atoms with Gasteiger partial charge in [0.1, 0.15) is 5.75 Å². The van der Waals surface area contributed by atoms with Gasteiger partial charge < -0.3 is 15.3 Å². The van der Waals surface area contributed by atoms with Gasteiger partial charge in [-0.1, -0.05) is 0 Å². The van der Waals surface area contributed by atoms with Crippen LogP contribution in [-0.4, -0.2) is 52.0 Å². The van der Waals surface area contributed by atoms with Crippen LogP contribution in [0.2, 0.25) is 0 Å². The van der Waals surface area contributed by atoms with E-state index < -0.39 is 0 Å². The van der Waals surface area contributed by atoms with Crippen molar-refractivity contribution in [3.63, 3.8) is 0 Å². The smallest absolute Gasteiger partial charge is 0.245 e. The van der Waals surface area contributed by atoms with Gasteiger partial charge in [-0.05, 0) is 38.4 Å². The van der Waals surface area contributed by atoms with E-state index in [4.69, 9.17) is 0 Å². The number of H-pyrrole nitrogens is 1. The van der Waals surface area contributed by atoms with Crippen LogP contribution in [0.5, 0.6) is 5.75 Å². The molecule has 0 saturated carbocycles. The zero-order chi connectivity index (χ0) is 14.7. The number of aromatic hydroxyl groups is 1. The van der Waals surface area contributed by atoms with Crippen LogP contribution in [0, 0.1) is 5.92 Å². The van der Waals surface area contributed by atoms with Crippen molar-refractivity contribution in [2.75, 3.05) is 31.6 Å². The maximum Gasteiger partial charge on any atom is 0.245 e. The Kier molecular flexibility index (Phi) is 4.01. The zero-order valence-corrected chi connectivity index (χ0v) is 12.1. The van der Waals surface area contributed by atoms with Gasteiger partial charge in [0.05, 0.1) is 6.20 Å². The van der Waals surface area contributed by atoms with Gasteiger partial charge in [-0.15, -0.1) is 5.10 Å². The summed E-state index contributed by atoms with van der Waals surface area (Å²) in [6, 6.07) is 1.62. The van der Waals surface area contributed by atoms with Gasteiger partial charge in [0, 0.05) is 24.8 Å². The van der Waals surface area contributed by atoms with Gasteiger partial charge in [0.15, 0.2) is 5.82 Å². The van der Waals surface area contributed by atoms with E-state index in [1.165, 1.54) is 6.20 Å². The number of rotatable bonds is 4. The molecule has 0 amide bonds. The number of nitrogens with one attached hydrogen (secondary N) is 2. The van der Waals surface area contributed by atoms with Crippen molar-refractivity contribution in [2.45, 2.75) is 12.8 Å². The van der Waals surface area contributed by atoms with E-state index in [0.717, 1.165) is 49.9 Å². The Morgan fingerprint density at radius 3 is 2.90 bits per heavy atom. The molecule has 1 fully saturated rings. The highest BCUT2D eigenvalue weighted by Gasteiger charge is 2.21. The third-order valence-electron chi connectivity index (χ3n) is 3.86. The van der Waals surface area contributed by atoms with Crippen molar-refractivity contribution in [1.82, 2.24) is 25.5 Å². The molecule has 7 nitrogen and oxygen atoms in total. The minimum absolute atomic E-state index is 0.123. The largest absolute Gasteiger partial charge is 0.506 e. The summed E-state index contributed by atoms with van der Waals surface area (Å²) in [7, 11) is 2.00. The molecular weight excluding hydrogens is 268 g/mol. The number of nitrogens with zero attached hydrogens (tertiary/aromatic N) is 4. The molecule has 112 valence electrons. The van der Waals surface area contributed by atoms with Crippen LogP contribution < -0.4 is 10.2 Å². The van der Waals surface area contributed by atoms with Crippen molar-refractivity contribution in [1.29, 1.82) is 0 Å². The summed E-state index contributed by atoms with van der Waals surface area (Å²) in [4.78, 5) is 10.7. The van der Waals surface area contributed by atoms with Crippen LogP contribution in [-0.2, 0) is 0 Å². The van der Waals surface area contributed by atoms with Gasteiger partial charge in [0.25, 0.3) is 0 Å². The summed E-state index contributed by atoms with van der Waals surface area (Å²) in [6.45, 7) is 3.02. The van der Waals surface area contributed by atoms with Gasteiger partial charge in [0.2, 0.25) is 5.95 Å². The van der Waals surface area contributed by atoms with Crippen LogP contribution in [0.3, 0.4) is 0 Å². The number of aromatic nitrogens is 4. The molecule has 0 spiro atoms. The molecule has 2 aromatic rings. The van der Waals surface area contributed by atoms with Crippen molar-refractivity contribution >= 4 is 5.95 Å². The molecule has 0 radical (unpaired) electrons. The quantitative estimate of drug-likeness (QED) is 0.778. The highest BCUT2D eigenvalue weighted by molar-refractivity contribution is 5.56. The number of pyridine rings is 1. The number of hydrogen-bond acceptors (Lipinski definition) is 6. The molecule has 21 heavy (non-hydrogen) atoms. The lowest BCUT2D eigenvalue weighted by Crippen LogP contribution is -2.37. The summed E-state index contributed by atoms with van der Waals surface area (Å²) in [5, 5.41) is 19.9. The van der Waals surface area contributed by atoms with Crippen LogP contribution in [0.4, 0.5) is 5.95 Å². The van der Waals surface area contributed by atoms with Crippen LogP contribution in [0.25, 0.3) is 11.4 Å². The summed E-state index contributed by atoms with van der Waals surface area (Å²) in [5.74, 6) is 2.21. The van der Waals surface area contributed by atoms with Crippen molar-refractivity contribution in [3.05, 3.63) is 18.5 Å². The standard InChI is InChI=1S/C14H20N6O/c1-15-7-10-2-4-20(5-3-10)14-17-13(18-19-14)11-6-12(21)9-16-8-11/h6,8-10,15,21H,2-5,7H2,1H3,(H,17,18,19). The van der Waals surface area contributed by atoms with Crippen molar-refractivity contribution in [3.8, 4) is 17.1 Å². The molecule has 0 unspecified atom stereocenters. The third-order valence-corrected chi connectivity index (χ3v) is 3.86. The summed E-state index contributed by atoms with van der Waals surface area (Å²) >= 11 is 0. The van der Waals surface area contributed by atoms with Gasteiger partial charge in [-0.25, -0.2) is 0 Å². The Bertz CT molecular complexity index is 591. The van der Waals surface area contributed by atoms with E-state index in [1.807, 2.05) is 7.05 Å². The first-order chi connectivity index (χ1) is 10.3. The van der Waals surface area contributed by atoms with E-state index in [9.17, 15) is 5.11 Å². The molecule has 2 aromatic heterocycles. The Morgan fingerprint density at radius 2 is 2.19 bits per heavy atom. The summed E-state index contributed by atoms with van der Waals surface area (Å²) in [5.41, 5.74) is 0.735. The predicted molar refractivity (Wildman–Crippen MR) is 80.1 cm³/mol. The second-order valence-corrected chi connectivity index (χ2v) is 5.40. The monoisotopic (exact) mass is 288 g/mol. The summed E-state index contributed by atoms with van der Waals surface area (Å²) < 4.78 is 0. The molecule has 1 aliphatic rings. The Morgan fingerprint density at radius 1 is 1.38 bits per heavy atom. The first-order valence-corrected chi connectivity index (χ1v) is 7.22. The van der Waals surface area contributed by atoms with Crippen LogP contribution in [0.1, 0.15) is 12.8 Å². The van der Waals surface area contributed by atoms with E-state index in [2.05, 4.69) is 30.4 Å². The molecule has 0 bridgehead atoms. The SMILES string of the molecule is CNCC1CCN(c2n[nH]c(-c3cncc(O)c3)n2)CC1. The first-order valence-electron chi connectivity index (χ1n) is 7.22. The Labute approximate surface area is 123 Å². The molecule has 7 heteroatoms. The second kappa shape index (κ2) is 6.09. The molecule has 0 atom stereocenters. The zero-order valence-electron chi connectivity index (χ0n) is 12.1. The van der Waals surface area contributed by atoms with E-state index in [1.54, 1.807) is 12.3 Å². The van der Waals surface area contributed by atoms with Gasteiger partial charge in [-0.2, -0.15) is 4.98 Å². The lowest BCUT2D eigenvalue weighted by Gasteiger charge is -2.30. The topological polar surface area (TPSA) is 90.0 Å². The van der Waals surface area contributed by atoms with Crippen LogP contribution in [0.15, 0.2) is 18.5 Å². The fraction of sp³-hybridized carbons (Fsp3) is 0.500. The van der Waals surface area contributed by atoms with Crippen molar-refractivity contribution in [2.24, 2.45) is 5.92 Å². The maximum absolute atomic E-state index is 9.47. The number of piperidine rings is 1. The van der Waals surface area contributed by atoms with Crippen molar-refractivity contribution < 1.29 is 5.11 Å². The lowest BCUT2D eigenvalue weighted by molar-refractivity contribution is 0.391. The number of hydrogen-bond donors (Lipinski definition) is 3. The summed E-state index contributed by atoms with van der Waals surface area (Å²) in [6.07, 6.45) is 5.35. The first kappa shape index (κ1) is 13.8. The maximum atomic E-state index is 9.47. The predicted octanol–water partition coefficient (Wildman–Crippen LogP) is 1.01. The van der Waals surface area contributed by atoms with Gasteiger partial charge >= 0.3 is 0 Å². The second-order valence-electron chi connectivity index (χ2n) is 5.40. The van der Waals surface area contributed by atoms with Crippen LogP contribution >= 0.6 is 0 Å². The van der Waals surface area contributed by atoms with E-state index >= 15 is 0 Å². The highest BCUT2D eigenvalue weighted by atomic mass is 16.3. The fourth-order valence-corrected chi connectivity index (χ4v) is 2.71. The Balaban J connectivity index is 1.68. The molecule has 1 saturated heterocycles. The minimum atomic E-state index is 0.123. The number of anilines is 1. The lowest BCUT2D eigenvalue weighted by atomic mass is 9.97. The Hall–Kier alpha value is -2.15.